The maximum absolute atomic E-state index is 5.24. The molecule has 106 valence electrons. The molecule has 0 heterocycles. The van der Waals surface area contributed by atoms with E-state index >= 15 is 0 Å². The number of benzene rings is 1. The molecule has 2 atom stereocenters. The topological polar surface area (TPSA) is 9.23 Å². The molecule has 2 heteroatoms. The average Bonchev–Trinajstić information content (AvgIpc) is 3.24. The van der Waals surface area contributed by atoms with Crippen LogP contribution < -0.4 is 4.74 Å². The predicted octanol–water partition coefficient (Wildman–Crippen LogP) is 5.31. The zero-order chi connectivity index (χ0) is 13.9. The third kappa shape index (κ3) is 3.36. The van der Waals surface area contributed by atoms with Gasteiger partial charge in [-0.25, -0.2) is 0 Å². The fourth-order valence-corrected chi connectivity index (χ4v) is 11.7. The van der Waals surface area contributed by atoms with Gasteiger partial charge in [0.2, 0.25) is 0 Å². The molecule has 0 aliphatic heterocycles. The van der Waals surface area contributed by atoms with Crippen LogP contribution in [0.3, 0.4) is 0 Å². The van der Waals surface area contributed by atoms with Gasteiger partial charge >= 0.3 is 121 Å². The number of methoxy groups -OCH3 is 1. The van der Waals surface area contributed by atoms with E-state index in [1.54, 1.807) is 12.4 Å². The summed E-state index contributed by atoms with van der Waals surface area (Å²) >= 11 is -1.47. The molecule has 1 nitrogen and oxygen atoms in total. The van der Waals surface area contributed by atoms with E-state index in [0.717, 1.165) is 17.6 Å². The van der Waals surface area contributed by atoms with Crippen LogP contribution in [0, 0.1) is 5.92 Å². The van der Waals surface area contributed by atoms with Gasteiger partial charge in [-0.3, -0.25) is 0 Å². The molecule has 1 aromatic carbocycles. The quantitative estimate of drug-likeness (QED) is 0.619. The molecule has 19 heavy (non-hydrogen) atoms. The fourth-order valence-electron chi connectivity index (χ4n) is 3.47. The van der Waals surface area contributed by atoms with E-state index in [9.17, 15) is 0 Å². The summed E-state index contributed by atoms with van der Waals surface area (Å²) in [7, 11) is 1.74. The first kappa shape index (κ1) is 15.0. The van der Waals surface area contributed by atoms with Crippen LogP contribution >= 0.6 is 0 Å². The van der Waals surface area contributed by atoms with Crippen LogP contribution in [0.15, 0.2) is 24.3 Å². The molecule has 0 amide bonds. The molecule has 0 aromatic heterocycles. The Hall–Kier alpha value is -0.437. The van der Waals surface area contributed by atoms with Gasteiger partial charge in [-0.1, -0.05) is 0 Å². The average molecular weight is 321 g/mol. The van der Waals surface area contributed by atoms with Crippen LogP contribution in [0.2, 0.25) is 21.0 Å². The second kappa shape index (κ2) is 6.34. The Kier molecular flexibility index (Phi) is 4.99. The van der Waals surface area contributed by atoms with Gasteiger partial charge in [-0.2, -0.15) is 0 Å². The third-order valence-corrected chi connectivity index (χ3v) is 17.8. The van der Waals surface area contributed by atoms with E-state index in [4.69, 9.17) is 4.74 Å². The monoisotopic (exact) mass is 322 g/mol. The molecule has 0 radical (unpaired) electrons. The van der Waals surface area contributed by atoms with Crippen molar-refractivity contribution in [2.45, 2.75) is 54.1 Å². The van der Waals surface area contributed by atoms with Gasteiger partial charge in [0.15, 0.2) is 0 Å². The molecule has 1 fully saturated rings. The summed E-state index contributed by atoms with van der Waals surface area (Å²) in [6, 6.07) is 8.75. The summed E-state index contributed by atoms with van der Waals surface area (Å²) in [4.78, 5) is 0. The Labute approximate surface area is 121 Å². The van der Waals surface area contributed by atoms with Crippen LogP contribution in [0.25, 0.3) is 0 Å². The SMILES string of the molecule is C[CH2][Ge]([CH2]C)([CH2]C)[CH2]C1CC1c1ccc(OC)cc1. The van der Waals surface area contributed by atoms with Crippen molar-refractivity contribution in [1.29, 1.82) is 0 Å². The van der Waals surface area contributed by atoms with Crippen molar-refractivity contribution in [3.05, 3.63) is 29.8 Å². The first-order chi connectivity index (χ1) is 9.18. The zero-order valence-electron chi connectivity index (χ0n) is 12.9. The zero-order valence-corrected chi connectivity index (χ0v) is 15.0. The fraction of sp³-hybridized carbons (Fsp3) is 0.647. The van der Waals surface area contributed by atoms with Crippen molar-refractivity contribution in [2.24, 2.45) is 5.92 Å². The van der Waals surface area contributed by atoms with Crippen molar-refractivity contribution in [3.8, 4) is 5.75 Å². The molecule has 1 aromatic rings. The molecule has 2 unspecified atom stereocenters. The van der Waals surface area contributed by atoms with Crippen molar-refractivity contribution in [2.75, 3.05) is 7.11 Å². The van der Waals surface area contributed by atoms with Gasteiger partial charge in [0.05, 0.1) is 0 Å². The van der Waals surface area contributed by atoms with Crippen molar-refractivity contribution in [3.63, 3.8) is 0 Å². The first-order valence-electron chi connectivity index (χ1n) is 7.82. The molecule has 1 saturated carbocycles. The molecule has 0 bridgehead atoms. The minimum atomic E-state index is -1.47. The second-order valence-corrected chi connectivity index (χ2v) is 17.7. The molecule has 2 rings (SSSR count). The van der Waals surface area contributed by atoms with E-state index < -0.39 is 13.3 Å². The second-order valence-electron chi connectivity index (χ2n) is 6.14. The molecule has 0 spiro atoms. The predicted molar refractivity (Wildman–Crippen MR) is 85.8 cm³/mol. The number of hydrogen-bond acceptors (Lipinski definition) is 1. The van der Waals surface area contributed by atoms with Crippen molar-refractivity contribution >= 4 is 13.3 Å². The Morgan fingerprint density at radius 3 is 2.11 bits per heavy atom. The summed E-state index contributed by atoms with van der Waals surface area (Å²) in [6.45, 7) is 7.33. The summed E-state index contributed by atoms with van der Waals surface area (Å²) in [5, 5.41) is 6.14. The first-order valence-corrected chi connectivity index (χ1v) is 13.8. The maximum atomic E-state index is 5.24. The Bertz CT molecular complexity index is 386. The van der Waals surface area contributed by atoms with Crippen LogP contribution in [0.5, 0.6) is 5.75 Å². The Morgan fingerprint density at radius 1 is 1.05 bits per heavy atom. The van der Waals surface area contributed by atoms with Crippen molar-refractivity contribution in [1.82, 2.24) is 0 Å². The summed E-state index contributed by atoms with van der Waals surface area (Å²) in [5.74, 6) is 2.82. The van der Waals surface area contributed by atoms with Gasteiger partial charge in [0.1, 0.15) is 0 Å². The molecule has 0 saturated heterocycles. The van der Waals surface area contributed by atoms with Crippen LogP contribution in [-0.4, -0.2) is 20.4 Å². The summed E-state index contributed by atoms with van der Waals surface area (Å²) in [5.41, 5.74) is 1.53. The minimum absolute atomic E-state index is 0.848. The van der Waals surface area contributed by atoms with E-state index in [1.807, 2.05) is 0 Å². The van der Waals surface area contributed by atoms with Crippen LogP contribution in [0.1, 0.15) is 38.7 Å². The molecule has 1 aliphatic rings. The van der Waals surface area contributed by atoms with E-state index in [1.165, 1.54) is 27.7 Å². The van der Waals surface area contributed by atoms with E-state index in [-0.39, 0.29) is 0 Å². The molecular formula is C17H28GeO. The van der Waals surface area contributed by atoms with Crippen LogP contribution in [-0.2, 0) is 0 Å². The molecule has 1 aliphatic carbocycles. The number of hydrogen-bond donors (Lipinski definition) is 0. The van der Waals surface area contributed by atoms with Gasteiger partial charge in [0, 0.05) is 0 Å². The Morgan fingerprint density at radius 2 is 1.63 bits per heavy atom. The number of ether oxygens (including phenoxy) is 1. The Balaban J connectivity index is 1.96. The number of rotatable bonds is 7. The standard InChI is InChI=1S/C17H28GeO/c1-5-18(6-2,7-3)13-15-12-17(15)14-8-10-16(19-4)11-9-14/h8-11,15,17H,5-7,12-13H2,1-4H3. The van der Waals surface area contributed by atoms with Gasteiger partial charge in [-0.15, -0.1) is 0 Å². The van der Waals surface area contributed by atoms with Crippen LogP contribution in [0.4, 0.5) is 0 Å². The molecular weight excluding hydrogens is 293 g/mol. The summed E-state index contributed by atoms with van der Waals surface area (Å²) in [6.07, 6.45) is 1.43. The van der Waals surface area contributed by atoms with Gasteiger partial charge in [-0.05, 0) is 0 Å². The third-order valence-electron chi connectivity index (χ3n) is 5.41. The van der Waals surface area contributed by atoms with Crippen molar-refractivity contribution < 1.29 is 4.74 Å². The normalized spacial score (nSPS) is 22.3. The van der Waals surface area contributed by atoms with E-state index in [0.29, 0.717) is 0 Å². The molecule has 0 N–H and O–H groups in total. The van der Waals surface area contributed by atoms with Gasteiger partial charge in [0.25, 0.3) is 0 Å². The van der Waals surface area contributed by atoms with Gasteiger partial charge < -0.3 is 0 Å². The van der Waals surface area contributed by atoms with E-state index in [2.05, 4.69) is 45.0 Å². The summed E-state index contributed by atoms with van der Waals surface area (Å²) < 4.78 is 5.24.